The Morgan fingerprint density at radius 1 is 1.06 bits per heavy atom. The Balaban J connectivity index is 1.24. The van der Waals surface area contributed by atoms with Gasteiger partial charge in [-0.25, -0.2) is 4.79 Å². The molecule has 0 saturated heterocycles. The number of fused-ring (bicyclic) bond motifs is 3. The second-order valence-corrected chi connectivity index (χ2v) is 9.63. The van der Waals surface area contributed by atoms with E-state index in [2.05, 4.69) is 29.6 Å². The molecule has 5 rings (SSSR count). The summed E-state index contributed by atoms with van der Waals surface area (Å²) in [7, 11) is 1.51. The highest BCUT2D eigenvalue weighted by molar-refractivity contribution is 5.90. The first-order valence-corrected chi connectivity index (χ1v) is 11.4. The summed E-state index contributed by atoms with van der Waals surface area (Å²) in [5.41, 5.74) is 3.79. The third-order valence-electron chi connectivity index (χ3n) is 7.85. The fraction of sp³-hybridized carbons (Fsp3) is 0.423. The minimum Gasteiger partial charge on any atom is -0.480 e. The highest BCUT2D eigenvalue weighted by Crippen LogP contribution is 2.74. The Morgan fingerprint density at radius 3 is 2.18 bits per heavy atom. The van der Waals surface area contributed by atoms with E-state index in [1.54, 1.807) is 0 Å². The van der Waals surface area contributed by atoms with Gasteiger partial charge >= 0.3 is 12.1 Å². The smallest absolute Gasteiger partial charge is 0.407 e. The number of benzene rings is 2. The van der Waals surface area contributed by atoms with Crippen LogP contribution in [0.2, 0.25) is 0 Å². The Kier molecular flexibility index (Phi) is 5.15. The number of carboxylic acid groups (broad SMARTS) is 1. The molecule has 1 spiro atoms. The van der Waals surface area contributed by atoms with Gasteiger partial charge in [-0.1, -0.05) is 55.0 Å². The van der Waals surface area contributed by atoms with E-state index in [0.29, 0.717) is 6.42 Å². The number of hydrogen-bond donors (Lipinski definition) is 2. The van der Waals surface area contributed by atoms with Gasteiger partial charge in [0, 0.05) is 19.5 Å². The standard InChI is InChI=1S/C26H28N2O5/c1-28(13-22(29)30)23(31)26(15-25(26)11-6-12-25)16-27-24(32)33-14-21-19-9-4-2-7-17(19)18-8-3-5-10-20(18)21/h2-5,7-10,21H,6,11-16H2,1H3,(H,27,32)(H,29,30). The average molecular weight is 449 g/mol. The maximum Gasteiger partial charge on any atom is 0.407 e. The third-order valence-corrected chi connectivity index (χ3v) is 7.85. The predicted octanol–water partition coefficient (Wildman–Crippen LogP) is 3.63. The monoisotopic (exact) mass is 448 g/mol. The van der Waals surface area contributed by atoms with E-state index >= 15 is 0 Å². The van der Waals surface area contributed by atoms with E-state index in [1.807, 2.05) is 24.3 Å². The summed E-state index contributed by atoms with van der Waals surface area (Å²) in [6, 6.07) is 16.3. The molecular weight excluding hydrogens is 420 g/mol. The van der Waals surface area contributed by atoms with Crippen LogP contribution in [0.3, 0.4) is 0 Å². The molecule has 2 N–H and O–H groups in total. The molecule has 7 heteroatoms. The van der Waals surface area contributed by atoms with Crippen LogP contribution in [-0.2, 0) is 14.3 Å². The molecule has 1 atom stereocenters. The first kappa shape index (κ1) is 21.5. The Morgan fingerprint density at radius 2 is 1.67 bits per heavy atom. The average Bonchev–Trinajstić information content (AvgIpc) is 3.39. The van der Waals surface area contributed by atoms with Crippen molar-refractivity contribution in [2.75, 3.05) is 26.7 Å². The molecule has 2 aromatic carbocycles. The van der Waals surface area contributed by atoms with Gasteiger partial charge in [0.05, 0.1) is 5.41 Å². The van der Waals surface area contributed by atoms with Crippen LogP contribution in [0.15, 0.2) is 48.5 Å². The molecule has 7 nitrogen and oxygen atoms in total. The van der Waals surface area contributed by atoms with Crippen LogP contribution in [0, 0.1) is 10.8 Å². The summed E-state index contributed by atoms with van der Waals surface area (Å²) in [6.45, 7) is 0.0406. The number of likely N-dealkylation sites (N-methyl/N-ethyl adjacent to an activating group) is 1. The number of amides is 2. The lowest BCUT2D eigenvalue weighted by Gasteiger charge is -2.34. The topological polar surface area (TPSA) is 95.9 Å². The SMILES string of the molecule is CN(CC(=O)O)C(=O)C1(CNC(=O)OCC2c3ccccc3-c3ccccc32)CC12CCC2. The van der Waals surface area contributed by atoms with Gasteiger partial charge in [0.15, 0.2) is 0 Å². The first-order valence-electron chi connectivity index (χ1n) is 11.4. The first-order chi connectivity index (χ1) is 15.9. The molecule has 2 fully saturated rings. The molecule has 33 heavy (non-hydrogen) atoms. The van der Waals surface area contributed by atoms with Crippen molar-refractivity contribution in [2.24, 2.45) is 10.8 Å². The van der Waals surface area contributed by atoms with E-state index in [0.717, 1.165) is 41.5 Å². The van der Waals surface area contributed by atoms with Crippen LogP contribution in [0.4, 0.5) is 4.79 Å². The van der Waals surface area contributed by atoms with E-state index in [-0.39, 0.29) is 36.9 Å². The van der Waals surface area contributed by atoms with Gasteiger partial charge in [-0.3, -0.25) is 9.59 Å². The Hall–Kier alpha value is -3.35. The largest absolute Gasteiger partial charge is 0.480 e. The molecule has 2 amide bonds. The minimum atomic E-state index is -1.05. The minimum absolute atomic E-state index is 0.0284. The predicted molar refractivity (Wildman–Crippen MR) is 122 cm³/mol. The summed E-state index contributed by atoms with van der Waals surface area (Å²) in [5, 5.41) is 11.9. The molecule has 172 valence electrons. The van der Waals surface area contributed by atoms with Gasteiger partial charge < -0.3 is 20.1 Å². The van der Waals surface area contributed by atoms with Crippen molar-refractivity contribution in [1.29, 1.82) is 0 Å². The van der Waals surface area contributed by atoms with E-state index < -0.39 is 17.5 Å². The van der Waals surface area contributed by atoms with E-state index in [4.69, 9.17) is 9.84 Å². The zero-order valence-electron chi connectivity index (χ0n) is 18.7. The number of nitrogens with one attached hydrogen (secondary N) is 1. The number of aliphatic carboxylic acids is 1. The van der Waals surface area contributed by atoms with Crippen molar-refractivity contribution >= 4 is 18.0 Å². The number of ether oxygens (including phenoxy) is 1. The van der Waals surface area contributed by atoms with Gasteiger partial charge in [-0.2, -0.15) is 0 Å². The van der Waals surface area contributed by atoms with Gasteiger partial charge in [0.1, 0.15) is 13.2 Å². The normalized spacial score (nSPS) is 21.5. The molecule has 2 aromatic rings. The van der Waals surface area contributed by atoms with Crippen LogP contribution < -0.4 is 5.32 Å². The van der Waals surface area contributed by atoms with Crippen molar-refractivity contribution < 1.29 is 24.2 Å². The van der Waals surface area contributed by atoms with Gasteiger partial charge in [0.2, 0.25) is 5.91 Å². The third kappa shape index (κ3) is 3.46. The fourth-order valence-corrected chi connectivity index (χ4v) is 5.93. The molecule has 0 aromatic heterocycles. The quantitative estimate of drug-likeness (QED) is 0.674. The summed E-state index contributed by atoms with van der Waals surface area (Å²) >= 11 is 0. The fourth-order valence-electron chi connectivity index (χ4n) is 5.93. The molecule has 2 saturated carbocycles. The van der Waals surface area contributed by atoms with E-state index in [9.17, 15) is 14.4 Å². The second kappa shape index (κ2) is 7.90. The molecule has 3 aliphatic carbocycles. The number of rotatable bonds is 7. The molecule has 0 aliphatic heterocycles. The lowest BCUT2D eigenvalue weighted by molar-refractivity contribution is -0.147. The number of carbonyl (C=O) groups excluding carboxylic acids is 2. The van der Waals surface area contributed by atoms with Crippen molar-refractivity contribution in [3.05, 3.63) is 59.7 Å². The van der Waals surface area contributed by atoms with Crippen molar-refractivity contribution in [1.82, 2.24) is 10.2 Å². The Bertz CT molecular complexity index is 1080. The number of carboxylic acids is 1. The van der Waals surface area contributed by atoms with Crippen molar-refractivity contribution in [3.8, 4) is 11.1 Å². The second-order valence-electron chi connectivity index (χ2n) is 9.63. The zero-order chi connectivity index (χ0) is 23.2. The van der Waals surface area contributed by atoms with Crippen LogP contribution in [0.25, 0.3) is 11.1 Å². The van der Waals surface area contributed by atoms with Crippen molar-refractivity contribution in [3.63, 3.8) is 0 Å². The number of hydrogen-bond acceptors (Lipinski definition) is 4. The van der Waals surface area contributed by atoms with Crippen LogP contribution in [0.5, 0.6) is 0 Å². The molecule has 1 unspecified atom stereocenters. The molecule has 0 heterocycles. The lowest BCUT2D eigenvalue weighted by atomic mass is 9.74. The molecular formula is C26H28N2O5. The Labute approximate surface area is 192 Å². The number of carbonyl (C=O) groups is 3. The van der Waals surface area contributed by atoms with Gasteiger partial charge in [0.25, 0.3) is 0 Å². The molecule has 0 bridgehead atoms. The summed E-state index contributed by atoms with van der Waals surface area (Å²) < 4.78 is 5.62. The van der Waals surface area contributed by atoms with Gasteiger partial charge in [-0.15, -0.1) is 0 Å². The van der Waals surface area contributed by atoms with Crippen LogP contribution in [0.1, 0.15) is 42.7 Å². The zero-order valence-corrected chi connectivity index (χ0v) is 18.7. The maximum atomic E-state index is 13.1. The van der Waals surface area contributed by atoms with Gasteiger partial charge in [-0.05, 0) is 46.9 Å². The van der Waals surface area contributed by atoms with Crippen molar-refractivity contribution in [2.45, 2.75) is 31.6 Å². The van der Waals surface area contributed by atoms with Crippen LogP contribution in [-0.4, -0.2) is 54.7 Å². The maximum absolute atomic E-state index is 13.1. The van der Waals surface area contributed by atoms with E-state index in [1.165, 1.54) is 11.9 Å². The summed E-state index contributed by atoms with van der Waals surface area (Å²) in [4.78, 5) is 38.1. The number of nitrogens with zero attached hydrogens (tertiary/aromatic N) is 1. The highest BCUT2D eigenvalue weighted by atomic mass is 16.5. The number of alkyl carbamates (subject to hydrolysis) is 1. The lowest BCUT2D eigenvalue weighted by Crippen LogP contribution is -2.47. The molecule has 3 aliphatic rings. The highest BCUT2D eigenvalue weighted by Gasteiger charge is 2.73. The molecule has 0 radical (unpaired) electrons. The van der Waals surface area contributed by atoms with Crippen LogP contribution >= 0.6 is 0 Å². The summed E-state index contributed by atoms with van der Waals surface area (Å²) in [6.07, 6.45) is 3.07. The summed E-state index contributed by atoms with van der Waals surface area (Å²) in [5.74, 6) is -1.28.